The number of amides is 3. The van der Waals surface area contributed by atoms with Crippen LogP contribution in [0.1, 0.15) is 23.3 Å². The van der Waals surface area contributed by atoms with E-state index >= 15 is 0 Å². The van der Waals surface area contributed by atoms with Crippen LogP contribution in [0.3, 0.4) is 0 Å². The van der Waals surface area contributed by atoms with Crippen LogP contribution >= 0.6 is 0 Å². The maximum absolute atomic E-state index is 12.7. The average Bonchev–Trinajstić information content (AvgIpc) is 2.92. The first kappa shape index (κ1) is 16.2. The molecule has 6 nitrogen and oxygen atoms in total. The number of benzene rings is 1. The summed E-state index contributed by atoms with van der Waals surface area (Å²) in [6.07, 6.45) is 5.25. The first-order chi connectivity index (χ1) is 13.1. The van der Waals surface area contributed by atoms with Gasteiger partial charge in [-0.05, 0) is 25.0 Å². The van der Waals surface area contributed by atoms with E-state index in [2.05, 4.69) is 4.98 Å². The molecule has 3 aliphatic rings. The molecule has 0 spiro atoms. The smallest absolute Gasteiger partial charge is 0.272 e. The topological polar surface area (TPSA) is 70.6 Å². The summed E-state index contributed by atoms with van der Waals surface area (Å²) in [5, 5.41) is 0.986. The molecule has 1 aromatic carbocycles. The Balaban J connectivity index is 1.29. The SMILES string of the molecule is O=C(c1ccc2ccccc2n1)N1CC(N2C(=O)C3CC=CCC3C2=O)C1. The molecular formula is C21H19N3O3. The van der Waals surface area contributed by atoms with Crippen LogP contribution in [0.2, 0.25) is 0 Å². The zero-order chi connectivity index (χ0) is 18.5. The molecule has 3 heterocycles. The Morgan fingerprint density at radius 3 is 2.30 bits per heavy atom. The van der Waals surface area contributed by atoms with Gasteiger partial charge in [0.1, 0.15) is 5.69 Å². The number of hydrogen-bond donors (Lipinski definition) is 0. The Morgan fingerprint density at radius 1 is 0.926 bits per heavy atom. The van der Waals surface area contributed by atoms with Gasteiger partial charge in [-0.25, -0.2) is 4.98 Å². The average molecular weight is 361 g/mol. The second-order valence-electron chi connectivity index (χ2n) is 7.46. The lowest BCUT2D eigenvalue weighted by molar-refractivity contribution is -0.145. The van der Waals surface area contributed by atoms with E-state index in [0.717, 1.165) is 10.9 Å². The van der Waals surface area contributed by atoms with Gasteiger partial charge in [0.05, 0.1) is 23.4 Å². The highest BCUT2D eigenvalue weighted by molar-refractivity contribution is 6.06. The Kier molecular flexibility index (Phi) is 3.60. The number of fused-ring (bicyclic) bond motifs is 2. The number of carbonyl (C=O) groups excluding carboxylic acids is 3. The molecule has 6 heteroatoms. The van der Waals surface area contributed by atoms with Crippen LogP contribution in [0.5, 0.6) is 0 Å². The Labute approximate surface area is 156 Å². The van der Waals surface area contributed by atoms with Gasteiger partial charge in [-0.2, -0.15) is 0 Å². The van der Waals surface area contributed by atoms with Gasteiger partial charge in [0.2, 0.25) is 11.8 Å². The minimum atomic E-state index is -0.214. The normalized spacial score (nSPS) is 25.0. The number of carbonyl (C=O) groups is 3. The van der Waals surface area contributed by atoms with E-state index in [9.17, 15) is 14.4 Å². The van der Waals surface area contributed by atoms with Crippen molar-refractivity contribution in [2.75, 3.05) is 13.1 Å². The van der Waals surface area contributed by atoms with Gasteiger partial charge in [0, 0.05) is 18.5 Å². The predicted molar refractivity (Wildman–Crippen MR) is 98.6 cm³/mol. The summed E-state index contributed by atoms with van der Waals surface area (Å²) in [6, 6.07) is 11.1. The quantitative estimate of drug-likeness (QED) is 0.606. The monoisotopic (exact) mass is 361 g/mol. The van der Waals surface area contributed by atoms with Crippen molar-refractivity contribution < 1.29 is 14.4 Å². The van der Waals surface area contributed by atoms with Crippen molar-refractivity contribution in [3.8, 4) is 0 Å². The van der Waals surface area contributed by atoms with Crippen LogP contribution in [0.25, 0.3) is 10.9 Å². The van der Waals surface area contributed by atoms with E-state index in [1.807, 2.05) is 42.5 Å². The largest absolute Gasteiger partial charge is 0.333 e. The summed E-state index contributed by atoms with van der Waals surface area (Å²) >= 11 is 0. The molecule has 5 rings (SSSR count). The second-order valence-corrected chi connectivity index (χ2v) is 7.46. The maximum atomic E-state index is 12.7. The molecular weight excluding hydrogens is 342 g/mol. The number of aromatic nitrogens is 1. The number of hydrogen-bond acceptors (Lipinski definition) is 4. The van der Waals surface area contributed by atoms with Crippen molar-refractivity contribution in [1.82, 2.24) is 14.8 Å². The first-order valence-electron chi connectivity index (χ1n) is 9.30. The van der Waals surface area contributed by atoms with Crippen molar-refractivity contribution in [3.05, 3.63) is 54.2 Å². The van der Waals surface area contributed by atoms with E-state index in [-0.39, 0.29) is 35.6 Å². The minimum absolute atomic E-state index is 0.0738. The molecule has 3 amide bonds. The fraction of sp³-hybridized carbons (Fsp3) is 0.333. The molecule has 136 valence electrons. The molecule has 2 aromatic rings. The van der Waals surface area contributed by atoms with E-state index in [1.54, 1.807) is 11.0 Å². The van der Waals surface area contributed by atoms with E-state index in [0.29, 0.717) is 31.6 Å². The van der Waals surface area contributed by atoms with Crippen LogP contribution in [-0.2, 0) is 9.59 Å². The Morgan fingerprint density at radius 2 is 1.59 bits per heavy atom. The standard InChI is InChI=1S/C21H19N3O3/c25-19-15-6-2-3-7-16(15)20(26)24(19)14-11-23(12-14)21(27)18-10-9-13-5-1-4-8-17(13)22-18/h1-5,8-10,14-16H,6-7,11-12H2. The van der Waals surface area contributed by atoms with Gasteiger partial charge >= 0.3 is 0 Å². The fourth-order valence-electron chi connectivity index (χ4n) is 4.32. The van der Waals surface area contributed by atoms with Crippen molar-refractivity contribution in [1.29, 1.82) is 0 Å². The number of likely N-dealkylation sites (tertiary alicyclic amines) is 2. The lowest BCUT2D eigenvalue weighted by Crippen LogP contribution is -2.62. The minimum Gasteiger partial charge on any atom is -0.333 e. The fourth-order valence-corrected chi connectivity index (χ4v) is 4.32. The van der Waals surface area contributed by atoms with Gasteiger partial charge in [0.25, 0.3) is 5.91 Å². The van der Waals surface area contributed by atoms with Crippen molar-refractivity contribution in [2.24, 2.45) is 11.8 Å². The molecule has 2 saturated heterocycles. The molecule has 0 N–H and O–H groups in total. The molecule has 2 aliphatic heterocycles. The lowest BCUT2D eigenvalue weighted by Gasteiger charge is -2.43. The molecule has 2 fully saturated rings. The van der Waals surface area contributed by atoms with Crippen molar-refractivity contribution in [3.63, 3.8) is 0 Å². The third-order valence-corrected chi connectivity index (χ3v) is 5.87. The molecule has 1 aliphatic carbocycles. The van der Waals surface area contributed by atoms with E-state index in [1.165, 1.54) is 4.90 Å². The summed E-state index contributed by atoms with van der Waals surface area (Å²) < 4.78 is 0. The van der Waals surface area contributed by atoms with Crippen LogP contribution in [-0.4, -0.2) is 51.6 Å². The van der Waals surface area contributed by atoms with Crippen LogP contribution < -0.4 is 0 Å². The highest BCUT2D eigenvalue weighted by Gasteiger charge is 2.52. The summed E-state index contributed by atoms with van der Waals surface area (Å²) in [7, 11) is 0. The number of allylic oxidation sites excluding steroid dienone is 2. The molecule has 2 atom stereocenters. The molecule has 1 aromatic heterocycles. The van der Waals surface area contributed by atoms with E-state index in [4.69, 9.17) is 0 Å². The predicted octanol–water partition coefficient (Wildman–Crippen LogP) is 2.01. The maximum Gasteiger partial charge on any atom is 0.272 e. The second kappa shape index (κ2) is 6.01. The Hall–Kier alpha value is -3.02. The zero-order valence-corrected chi connectivity index (χ0v) is 14.7. The highest BCUT2D eigenvalue weighted by atomic mass is 16.2. The number of imide groups is 1. The summed E-state index contributed by atoms with van der Waals surface area (Å²) in [5.74, 6) is -0.732. The Bertz CT molecular complexity index is 967. The summed E-state index contributed by atoms with van der Waals surface area (Å²) in [4.78, 5) is 45.5. The van der Waals surface area contributed by atoms with Gasteiger partial charge in [-0.1, -0.05) is 36.4 Å². The van der Waals surface area contributed by atoms with Crippen molar-refractivity contribution >= 4 is 28.6 Å². The summed E-state index contributed by atoms with van der Waals surface area (Å²) in [5.41, 5.74) is 1.17. The first-order valence-corrected chi connectivity index (χ1v) is 9.30. The number of nitrogens with zero attached hydrogens (tertiary/aromatic N) is 3. The van der Waals surface area contributed by atoms with E-state index < -0.39 is 0 Å². The van der Waals surface area contributed by atoms with Gasteiger partial charge in [0.15, 0.2) is 0 Å². The third-order valence-electron chi connectivity index (χ3n) is 5.87. The zero-order valence-electron chi connectivity index (χ0n) is 14.7. The third kappa shape index (κ3) is 2.47. The molecule has 2 unspecified atom stereocenters. The van der Waals surface area contributed by atoms with Crippen LogP contribution in [0.4, 0.5) is 0 Å². The number of para-hydroxylation sites is 1. The van der Waals surface area contributed by atoms with Crippen molar-refractivity contribution in [2.45, 2.75) is 18.9 Å². The number of rotatable bonds is 2. The summed E-state index contributed by atoms with van der Waals surface area (Å²) in [6.45, 7) is 0.773. The highest BCUT2D eigenvalue weighted by Crippen LogP contribution is 2.37. The van der Waals surface area contributed by atoms with Gasteiger partial charge in [-0.15, -0.1) is 0 Å². The molecule has 27 heavy (non-hydrogen) atoms. The van der Waals surface area contributed by atoms with Gasteiger partial charge in [-0.3, -0.25) is 19.3 Å². The lowest BCUT2D eigenvalue weighted by atomic mass is 9.85. The molecule has 0 radical (unpaired) electrons. The molecule has 0 bridgehead atoms. The molecule has 0 saturated carbocycles. The number of pyridine rings is 1. The van der Waals surface area contributed by atoms with Gasteiger partial charge < -0.3 is 4.90 Å². The van der Waals surface area contributed by atoms with Crippen LogP contribution in [0, 0.1) is 11.8 Å². The van der Waals surface area contributed by atoms with Crippen LogP contribution in [0.15, 0.2) is 48.6 Å².